The SMILES string of the molecule is Cn1c(O)c(C=NCc2nc(-c3ccccc3)no2)c(=O)n(C)c1=O. The van der Waals surface area contributed by atoms with Crippen molar-refractivity contribution >= 4 is 6.21 Å². The Kier molecular flexibility index (Phi) is 4.29. The summed E-state index contributed by atoms with van der Waals surface area (Å²) in [4.78, 5) is 32.0. The van der Waals surface area contributed by atoms with Crippen molar-refractivity contribution in [1.82, 2.24) is 19.3 Å². The van der Waals surface area contributed by atoms with Gasteiger partial charge in [0.2, 0.25) is 17.6 Å². The molecule has 1 aromatic carbocycles. The van der Waals surface area contributed by atoms with Crippen molar-refractivity contribution in [2.45, 2.75) is 6.54 Å². The lowest BCUT2D eigenvalue weighted by molar-refractivity contribution is 0.381. The van der Waals surface area contributed by atoms with Gasteiger partial charge in [0.25, 0.3) is 5.56 Å². The van der Waals surface area contributed by atoms with E-state index < -0.39 is 17.1 Å². The van der Waals surface area contributed by atoms with E-state index in [1.165, 1.54) is 20.3 Å². The highest BCUT2D eigenvalue weighted by Gasteiger charge is 2.13. The van der Waals surface area contributed by atoms with Crippen LogP contribution in [0.5, 0.6) is 5.88 Å². The molecule has 25 heavy (non-hydrogen) atoms. The van der Waals surface area contributed by atoms with Crippen molar-refractivity contribution in [3.8, 4) is 17.3 Å². The summed E-state index contributed by atoms with van der Waals surface area (Å²) in [6.07, 6.45) is 1.18. The third kappa shape index (κ3) is 3.11. The fraction of sp³-hybridized carbons (Fsp3) is 0.188. The summed E-state index contributed by atoms with van der Waals surface area (Å²) in [6.45, 7) is 0.0330. The molecule has 0 saturated heterocycles. The molecule has 1 N–H and O–H groups in total. The summed E-state index contributed by atoms with van der Waals surface area (Å²) in [7, 11) is 2.68. The van der Waals surface area contributed by atoms with Gasteiger partial charge in [-0.2, -0.15) is 4.98 Å². The van der Waals surface area contributed by atoms with Crippen molar-refractivity contribution in [3.05, 3.63) is 62.6 Å². The van der Waals surface area contributed by atoms with Crippen LogP contribution in [-0.4, -0.2) is 30.6 Å². The smallest absolute Gasteiger partial charge is 0.333 e. The number of hydrogen-bond acceptors (Lipinski definition) is 7. The average molecular weight is 341 g/mol. The first kappa shape index (κ1) is 16.4. The Balaban J connectivity index is 1.83. The van der Waals surface area contributed by atoms with Crippen LogP contribution in [0.2, 0.25) is 0 Å². The molecule has 2 aromatic heterocycles. The van der Waals surface area contributed by atoms with Gasteiger partial charge in [0.1, 0.15) is 12.1 Å². The van der Waals surface area contributed by atoms with Crippen LogP contribution in [0.15, 0.2) is 49.4 Å². The first-order valence-electron chi connectivity index (χ1n) is 7.36. The molecule has 0 aliphatic rings. The lowest BCUT2D eigenvalue weighted by Crippen LogP contribution is -2.38. The van der Waals surface area contributed by atoms with Gasteiger partial charge in [-0.15, -0.1) is 0 Å². The maximum absolute atomic E-state index is 12.0. The second kappa shape index (κ2) is 6.56. The minimum absolute atomic E-state index is 0.0330. The molecule has 3 rings (SSSR count). The van der Waals surface area contributed by atoms with Crippen molar-refractivity contribution in [2.75, 3.05) is 0 Å². The average Bonchev–Trinajstić information content (AvgIpc) is 3.11. The van der Waals surface area contributed by atoms with Gasteiger partial charge in [-0.25, -0.2) is 4.79 Å². The normalized spacial score (nSPS) is 11.3. The molecule has 0 amide bonds. The molecule has 0 fully saturated rings. The zero-order chi connectivity index (χ0) is 18.0. The summed E-state index contributed by atoms with van der Waals surface area (Å²) >= 11 is 0. The Labute approximate surface area is 141 Å². The van der Waals surface area contributed by atoms with Crippen molar-refractivity contribution in [3.63, 3.8) is 0 Å². The summed E-state index contributed by atoms with van der Waals surface area (Å²) in [5, 5.41) is 13.8. The quantitative estimate of drug-likeness (QED) is 0.689. The monoisotopic (exact) mass is 341 g/mol. The number of aromatic nitrogens is 4. The van der Waals surface area contributed by atoms with Gasteiger partial charge >= 0.3 is 5.69 Å². The summed E-state index contributed by atoms with van der Waals surface area (Å²) in [5.74, 6) is 0.246. The van der Waals surface area contributed by atoms with E-state index in [0.717, 1.165) is 14.7 Å². The largest absolute Gasteiger partial charge is 0.494 e. The molecule has 128 valence electrons. The molecule has 0 unspecified atom stereocenters. The number of aliphatic imine (C=N–C) groups is 1. The van der Waals surface area contributed by atoms with Crippen molar-refractivity contribution in [2.24, 2.45) is 19.1 Å². The highest BCUT2D eigenvalue weighted by atomic mass is 16.5. The van der Waals surface area contributed by atoms with Crippen molar-refractivity contribution < 1.29 is 9.63 Å². The lowest BCUT2D eigenvalue weighted by Gasteiger charge is -2.06. The van der Waals surface area contributed by atoms with Gasteiger partial charge in [-0.3, -0.25) is 18.9 Å². The first-order chi connectivity index (χ1) is 12.0. The number of aromatic hydroxyl groups is 1. The fourth-order valence-corrected chi connectivity index (χ4v) is 2.21. The first-order valence-corrected chi connectivity index (χ1v) is 7.36. The number of rotatable bonds is 4. The summed E-state index contributed by atoms with van der Waals surface area (Å²) < 4.78 is 6.96. The van der Waals surface area contributed by atoms with Crippen LogP contribution in [0.3, 0.4) is 0 Å². The Morgan fingerprint density at radius 3 is 2.64 bits per heavy atom. The number of hydrogen-bond donors (Lipinski definition) is 1. The van der Waals surface area contributed by atoms with Crippen LogP contribution in [0, 0.1) is 0 Å². The third-order valence-corrected chi connectivity index (χ3v) is 3.61. The predicted molar refractivity (Wildman–Crippen MR) is 89.6 cm³/mol. The van der Waals surface area contributed by atoms with Crippen molar-refractivity contribution in [1.29, 1.82) is 0 Å². The van der Waals surface area contributed by atoms with Crippen LogP contribution in [0.1, 0.15) is 11.5 Å². The number of benzene rings is 1. The minimum atomic E-state index is -0.639. The van der Waals surface area contributed by atoms with Gasteiger partial charge < -0.3 is 9.63 Å². The summed E-state index contributed by atoms with van der Waals surface area (Å²) in [5.41, 5.74) is -0.539. The van der Waals surface area contributed by atoms with Gasteiger partial charge in [-0.1, -0.05) is 35.5 Å². The molecule has 0 saturated carbocycles. The second-order valence-corrected chi connectivity index (χ2v) is 5.29. The zero-order valence-corrected chi connectivity index (χ0v) is 13.6. The minimum Gasteiger partial charge on any atom is -0.494 e. The Morgan fingerprint density at radius 1 is 1.20 bits per heavy atom. The molecule has 0 aliphatic heterocycles. The van der Waals surface area contributed by atoms with Crippen LogP contribution in [-0.2, 0) is 20.6 Å². The molecule has 0 aliphatic carbocycles. The Bertz CT molecular complexity index is 1050. The molecular weight excluding hydrogens is 326 g/mol. The van der Waals surface area contributed by atoms with E-state index in [1.807, 2.05) is 30.3 Å². The standard InChI is InChI=1S/C16H15N5O4/c1-20-14(22)11(15(23)21(2)16(20)24)8-17-9-12-18-13(19-25-12)10-6-4-3-5-7-10/h3-8,22H,9H2,1-2H3. The predicted octanol–water partition coefficient (Wildman–Crippen LogP) is 0.459. The van der Waals surface area contributed by atoms with E-state index in [9.17, 15) is 14.7 Å². The molecule has 0 bridgehead atoms. The van der Waals surface area contributed by atoms with E-state index in [-0.39, 0.29) is 18.0 Å². The molecule has 2 heterocycles. The van der Waals surface area contributed by atoms with E-state index in [2.05, 4.69) is 15.1 Å². The molecule has 0 atom stereocenters. The van der Waals surface area contributed by atoms with Gasteiger partial charge in [0.15, 0.2) is 0 Å². The topological polar surface area (TPSA) is 116 Å². The second-order valence-electron chi connectivity index (χ2n) is 5.29. The number of nitrogens with zero attached hydrogens (tertiary/aromatic N) is 5. The molecular formula is C16H15N5O4. The van der Waals surface area contributed by atoms with E-state index in [4.69, 9.17) is 4.52 Å². The van der Waals surface area contributed by atoms with Gasteiger partial charge in [0.05, 0.1) is 0 Å². The summed E-state index contributed by atoms with van der Waals surface area (Å²) in [6, 6.07) is 9.31. The maximum atomic E-state index is 12.0. The molecule has 9 heteroatoms. The van der Waals surface area contributed by atoms with Crippen LogP contribution >= 0.6 is 0 Å². The zero-order valence-electron chi connectivity index (χ0n) is 13.6. The highest BCUT2D eigenvalue weighted by molar-refractivity contribution is 5.81. The van der Waals surface area contributed by atoms with E-state index >= 15 is 0 Å². The Morgan fingerprint density at radius 2 is 1.92 bits per heavy atom. The molecule has 3 aromatic rings. The fourth-order valence-electron chi connectivity index (χ4n) is 2.21. The van der Waals surface area contributed by atoms with Crippen LogP contribution < -0.4 is 11.2 Å². The van der Waals surface area contributed by atoms with Crippen LogP contribution in [0.4, 0.5) is 0 Å². The molecule has 0 radical (unpaired) electrons. The molecule has 0 spiro atoms. The van der Waals surface area contributed by atoms with E-state index in [1.54, 1.807) is 0 Å². The maximum Gasteiger partial charge on any atom is 0.333 e. The molecule has 9 nitrogen and oxygen atoms in total. The third-order valence-electron chi connectivity index (χ3n) is 3.61. The Hall–Kier alpha value is -3.49. The lowest BCUT2D eigenvalue weighted by atomic mass is 10.2. The van der Waals surface area contributed by atoms with Gasteiger partial charge in [0, 0.05) is 25.9 Å². The highest BCUT2D eigenvalue weighted by Crippen LogP contribution is 2.15. The van der Waals surface area contributed by atoms with Gasteiger partial charge in [-0.05, 0) is 0 Å². The van der Waals surface area contributed by atoms with E-state index in [0.29, 0.717) is 5.82 Å². The van der Waals surface area contributed by atoms with Crippen LogP contribution in [0.25, 0.3) is 11.4 Å².